The van der Waals surface area contributed by atoms with E-state index in [1.165, 1.54) is 0 Å². The first-order chi connectivity index (χ1) is 10.3. The second-order valence-electron chi connectivity index (χ2n) is 4.40. The lowest BCUT2D eigenvalue weighted by Gasteiger charge is -2.09. The number of methoxy groups -OCH3 is 2. The molecule has 2 N–H and O–H groups in total. The highest BCUT2D eigenvalue weighted by molar-refractivity contribution is 5.56. The molecule has 112 valence electrons. The van der Waals surface area contributed by atoms with E-state index in [4.69, 9.17) is 9.47 Å². The molecule has 0 aliphatic rings. The summed E-state index contributed by atoms with van der Waals surface area (Å²) in [6.45, 7) is 1.54. The number of hydrogen-bond acceptors (Lipinski definition) is 6. The minimum Gasteiger partial charge on any atom is -0.497 e. The number of nitrogens with zero attached hydrogens (tertiary/aromatic N) is 2. The SMILES string of the molecule is COCCCNc1ccnc(Nc2cccc(OC)c2)n1. The number of ether oxygens (including phenoxy) is 2. The standard InChI is InChI=1S/C15H20N4O2/c1-20-10-4-8-16-14-7-9-17-15(19-14)18-12-5-3-6-13(11-12)21-2/h3,5-7,9,11H,4,8,10H2,1-2H3,(H2,16,17,18,19). The fourth-order valence-electron chi connectivity index (χ4n) is 1.78. The zero-order valence-corrected chi connectivity index (χ0v) is 12.3. The Morgan fingerprint density at radius 3 is 2.90 bits per heavy atom. The minimum atomic E-state index is 0.542. The third-order valence-corrected chi connectivity index (χ3v) is 2.81. The van der Waals surface area contributed by atoms with Crippen molar-refractivity contribution in [3.05, 3.63) is 36.5 Å². The number of aromatic nitrogens is 2. The summed E-state index contributed by atoms with van der Waals surface area (Å²) < 4.78 is 10.2. The van der Waals surface area contributed by atoms with Crippen molar-refractivity contribution in [2.45, 2.75) is 6.42 Å². The van der Waals surface area contributed by atoms with Crippen LogP contribution in [-0.4, -0.2) is 37.3 Å². The van der Waals surface area contributed by atoms with Gasteiger partial charge in [0.05, 0.1) is 7.11 Å². The third kappa shape index (κ3) is 4.92. The van der Waals surface area contributed by atoms with Crippen molar-refractivity contribution in [1.82, 2.24) is 9.97 Å². The molecular weight excluding hydrogens is 268 g/mol. The fraction of sp³-hybridized carbons (Fsp3) is 0.333. The van der Waals surface area contributed by atoms with Gasteiger partial charge in [-0.3, -0.25) is 0 Å². The van der Waals surface area contributed by atoms with Crippen molar-refractivity contribution in [3.8, 4) is 5.75 Å². The Labute approximate surface area is 124 Å². The van der Waals surface area contributed by atoms with Gasteiger partial charge in [0.1, 0.15) is 11.6 Å². The maximum atomic E-state index is 5.19. The van der Waals surface area contributed by atoms with Crippen molar-refractivity contribution < 1.29 is 9.47 Å². The molecule has 0 aliphatic carbocycles. The highest BCUT2D eigenvalue weighted by atomic mass is 16.5. The lowest BCUT2D eigenvalue weighted by atomic mass is 10.3. The van der Waals surface area contributed by atoms with Crippen molar-refractivity contribution in [1.29, 1.82) is 0 Å². The van der Waals surface area contributed by atoms with Crippen LogP contribution in [0.3, 0.4) is 0 Å². The van der Waals surface area contributed by atoms with Gasteiger partial charge in [-0.05, 0) is 24.6 Å². The molecule has 0 bridgehead atoms. The molecule has 0 unspecified atom stereocenters. The van der Waals surface area contributed by atoms with Crippen LogP contribution in [0.15, 0.2) is 36.5 Å². The predicted octanol–water partition coefficient (Wildman–Crippen LogP) is 2.68. The highest BCUT2D eigenvalue weighted by Gasteiger charge is 2.01. The average Bonchev–Trinajstić information content (AvgIpc) is 2.52. The lowest BCUT2D eigenvalue weighted by Crippen LogP contribution is -2.07. The Morgan fingerprint density at radius 1 is 1.19 bits per heavy atom. The van der Waals surface area contributed by atoms with Gasteiger partial charge < -0.3 is 20.1 Å². The van der Waals surface area contributed by atoms with E-state index in [-0.39, 0.29) is 0 Å². The molecule has 0 radical (unpaired) electrons. The largest absolute Gasteiger partial charge is 0.497 e. The van der Waals surface area contributed by atoms with Crippen LogP contribution < -0.4 is 15.4 Å². The molecule has 0 saturated carbocycles. The summed E-state index contributed by atoms with van der Waals surface area (Å²) in [7, 11) is 3.33. The van der Waals surface area contributed by atoms with Crippen LogP contribution >= 0.6 is 0 Å². The van der Waals surface area contributed by atoms with Gasteiger partial charge in [0.15, 0.2) is 0 Å². The first-order valence-electron chi connectivity index (χ1n) is 6.79. The molecule has 6 heteroatoms. The van der Waals surface area contributed by atoms with Gasteiger partial charge >= 0.3 is 0 Å². The molecule has 2 rings (SSSR count). The molecule has 21 heavy (non-hydrogen) atoms. The van der Waals surface area contributed by atoms with Crippen molar-refractivity contribution in [2.75, 3.05) is 38.0 Å². The Morgan fingerprint density at radius 2 is 2.10 bits per heavy atom. The van der Waals surface area contributed by atoms with Gasteiger partial charge in [-0.1, -0.05) is 6.07 Å². The summed E-state index contributed by atoms with van der Waals surface area (Å²) in [6, 6.07) is 9.46. The van der Waals surface area contributed by atoms with Gasteiger partial charge in [-0.15, -0.1) is 0 Å². The molecule has 2 aromatic rings. The molecule has 0 amide bonds. The predicted molar refractivity (Wildman–Crippen MR) is 83.3 cm³/mol. The van der Waals surface area contributed by atoms with E-state index in [0.29, 0.717) is 5.95 Å². The smallest absolute Gasteiger partial charge is 0.229 e. The second kappa shape index (κ2) is 8.06. The van der Waals surface area contributed by atoms with Crippen LogP contribution in [0.5, 0.6) is 5.75 Å². The molecule has 0 fully saturated rings. The first kappa shape index (κ1) is 15.1. The summed E-state index contributed by atoms with van der Waals surface area (Å²) in [6.07, 6.45) is 2.65. The van der Waals surface area contributed by atoms with E-state index in [2.05, 4.69) is 20.6 Å². The molecule has 0 aliphatic heterocycles. The summed E-state index contributed by atoms with van der Waals surface area (Å²) in [5.74, 6) is 2.11. The Bertz CT molecular complexity index is 563. The van der Waals surface area contributed by atoms with Crippen molar-refractivity contribution in [3.63, 3.8) is 0 Å². The van der Waals surface area contributed by atoms with E-state index in [9.17, 15) is 0 Å². The molecule has 1 aromatic carbocycles. The zero-order chi connectivity index (χ0) is 14.9. The summed E-state index contributed by atoms with van der Waals surface area (Å²) >= 11 is 0. The maximum Gasteiger partial charge on any atom is 0.229 e. The van der Waals surface area contributed by atoms with E-state index in [1.54, 1.807) is 20.4 Å². The molecular formula is C15H20N4O2. The van der Waals surface area contributed by atoms with Crippen LogP contribution in [0.25, 0.3) is 0 Å². The van der Waals surface area contributed by atoms with Crippen LogP contribution in [0.1, 0.15) is 6.42 Å². The minimum absolute atomic E-state index is 0.542. The normalized spacial score (nSPS) is 10.2. The third-order valence-electron chi connectivity index (χ3n) is 2.81. The van der Waals surface area contributed by atoms with E-state index in [0.717, 1.165) is 36.8 Å². The topological polar surface area (TPSA) is 68.3 Å². The van der Waals surface area contributed by atoms with E-state index in [1.807, 2.05) is 30.3 Å². The molecule has 1 heterocycles. The molecule has 1 aromatic heterocycles. The van der Waals surface area contributed by atoms with Crippen molar-refractivity contribution >= 4 is 17.5 Å². The van der Waals surface area contributed by atoms with E-state index < -0.39 is 0 Å². The number of rotatable bonds is 8. The van der Waals surface area contributed by atoms with Gasteiger partial charge in [-0.2, -0.15) is 4.98 Å². The average molecular weight is 288 g/mol. The van der Waals surface area contributed by atoms with Crippen LogP contribution in [-0.2, 0) is 4.74 Å². The van der Waals surface area contributed by atoms with Gasteiger partial charge in [-0.25, -0.2) is 4.98 Å². The fourth-order valence-corrected chi connectivity index (χ4v) is 1.78. The summed E-state index contributed by atoms with van der Waals surface area (Å²) in [5, 5.41) is 6.39. The Balaban J connectivity index is 1.96. The molecule has 0 atom stereocenters. The highest BCUT2D eigenvalue weighted by Crippen LogP contribution is 2.19. The number of anilines is 3. The maximum absolute atomic E-state index is 5.19. The van der Waals surface area contributed by atoms with Gasteiger partial charge in [0.2, 0.25) is 5.95 Å². The van der Waals surface area contributed by atoms with Gasteiger partial charge in [0, 0.05) is 38.2 Å². The Kier molecular flexibility index (Phi) is 5.78. The number of hydrogen-bond donors (Lipinski definition) is 2. The zero-order valence-electron chi connectivity index (χ0n) is 12.3. The van der Waals surface area contributed by atoms with Crippen LogP contribution in [0, 0.1) is 0 Å². The van der Waals surface area contributed by atoms with Crippen LogP contribution in [0.2, 0.25) is 0 Å². The van der Waals surface area contributed by atoms with Crippen molar-refractivity contribution in [2.24, 2.45) is 0 Å². The summed E-state index contributed by atoms with van der Waals surface area (Å²) in [5.41, 5.74) is 0.880. The number of nitrogens with one attached hydrogen (secondary N) is 2. The quantitative estimate of drug-likeness (QED) is 0.728. The first-order valence-corrected chi connectivity index (χ1v) is 6.79. The molecule has 6 nitrogen and oxygen atoms in total. The summed E-state index contributed by atoms with van der Waals surface area (Å²) in [4.78, 5) is 8.61. The molecule has 0 saturated heterocycles. The monoisotopic (exact) mass is 288 g/mol. The Hall–Kier alpha value is -2.34. The second-order valence-corrected chi connectivity index (χ2v) is 4.40. The van der Waals surface area contributed by atoms with Crippen LogP contribution in [0.4, 0.5) is 17.5 Å². The lowest BCUT2D eigenvalue weighted by molar-refractivity contribution is 0.198. The molecule has 0 spiro atoms. The van der Waals surface area contributed by atoms with E-state index >= 15 is 0 Å². The van der Waals surface area contributed by atoms with Gasteiger partial charge in [0.25, 0.3) is 0 Å². The number of benzene rings is 1.